The molecule has 0 aromatic rings. The minimum Gasteiger partial charge on any atom is -0.304 e. The Labute approximate surface area is 95.8 Å². The first-order valence-electron chi connectivity index (χ1n) is 6.04. The number of rotatable bonds is 3. The summed E-state index contributed by atoms with van der Waals surface area (Å²) in [5, 5.41) is 2.74. The zero-order valence-corrected chi connectivity index (χ0v) is 10.4. The zero-order valence-electron chi connectivity index (χ0n) is 10.4. The van der Waals surface area contributed by atoms with Crippen molar-refractivity contribution in [3.05, 3.63) is 0 Å². The van der Waals surface area contributed by atoms with Crippen molar-refractivity contribution in [3.63, 3.8) is 0 Å². The summed E-state index contributed by atoms with van der Waals surface area (Å²) in [5.41, 5.74) is -1.57. The molecule has 0 unspecified atom stereocenters. The molecule has 0 radical (unpaired) electrons. The lowest BCUT2D eigenvalue weighted by molar-refractivity contribution is -0.210. The summed E-state index contributed by atoms with van der Waals surface area (Å²) in [5.74, 6) is 0. The molecule has 0 bridgehead atoms. The highest BCUT2D eigenvalue weighted by atomic mass is 19.4. The van der Waals surface area contributed by atoms with Crippen LogP contribution in [0.15, 0.2) is 0 Å². The smallest absolute Gasteiger partial charge is 0.304 e. The molecule has 96 valence electrons. The molecule has 0 aromatic carbocycles. The van der Waals surface area contributed by atoms with E-state index in [0.29, 0.717) is 19.4 Å². The van der Waals surface area contributed by atoms with Crippen molar-refractivity contribution in [2.45, 2.75) is 64.6 Å². The molecular formula is C12H22F3N. The summed E-state index contributed by atoms with van der Waals surface area (Å²) < 4.78 is 39.3. The molecule has 1 aliphatic rings. The third-order valence-corrected chi connectivity index (χ3v) is 3.71. The monoisotopic (exact) mass is 237 g/mol. The summed E-state index contributed by atoms with van der Waals surface area (Å²) in [6.45, 7) is 6.43. The van der Waals surface area contributed by atoms with Gasteiger partial charge in [0.05, 0.1) is 0 Å². The maximum atomic E-state index is 13.1. The van der Waals surface area contributed by atoms with E-state index in [1.807, 2.05) is 20.8 Å². The fourth-order valence-corrected chi connectivity index (χ4v) is 2.28. The molecule has 1 nitrogen and oxygen atoms in total. The van der Waals surface area contributed by atoms with Gasteiger partial charge in [0, 0.05) is 0 Å². The third-order valence-electron chi connectivity index (χ3n) is 3.71. The van der Waals surface area contributed by atoms with E-state index in [-0.39, 0.29) is 18.3 Å². The Hall–Kier alpha value is -0.250. The average Bonchev–Trinajstić information content (AvgIpc) is 2.15. The molecule has 0 heterocycles. The van der Waals surface area contributed by atoms with Crippen LogP contribution in [-0.2, 0) is 0 Å². The molecule has 16 heavy (non-hydrogen) atoms. The van der Waals surface area contributed by atoms with Crippen LogP contribution in [0, 0.1) is 5.41 Å². The van der Waals surface area contributed by atoms with Gasteiger partial charge < -0.3 is 5.32 Å². The Morgan fingerprint density at radius 3 is 1.94 bits per heavy atom. The fraction of sp³-hybridized carbons (Fsp3) is 1.00. The maximum Gasteiger partial charge on any atom is 0.406 e. The van der Waals surface area contributed by atoms with Crippen LogP contribution in [0.3, 0.4) is 0 Å². The van der Waals surface area contributed by atoms with Crippen LogP contribution in [0.2, 0.25) is 0 Å². The van der Waals surface area contributed by atoms with E-state index in [1.165, 1.54) is 0 Å². The Morgan fingerprint density at radius 1 is 1.06 bits per heavy atom. The molecule has 1 aliphatic carbocycles. The van der Waals surface area contributed by atoms with E-state index in [0.717, 1.165) is 6.42 Å². The van der Waals surface area contributed by atoms with Crippen molar-refractivity contribution in [1.29, 1.82) is 0 Å². The van der Waals surface area contributed by atoms with E-state index in [2.05, 4.69) is 5.32 Å². The Morgan fingerprint density at radius 2 is 1.56 bits per heavy atom. The normalized spacial score (nSPS) is 24.4. The van der Waals surface area contributed by atoms with Gasteiger partial charge >= 0.3 is 6.18 Å². The van der Waals surface area contributed by atoms with Crippen LogP contribution in [0.4, 0.5) is 13.2 Å². The average molecular weight is 237 g/mol. The summed E-state index contributed by atoms with van der Waals surface area (Å²) in [7, 11) is 0. The first-order chi connectivity index (χ1) is 7.22. The van der Waals surface area contributed by atoms with E-state index < -0.39 is 11.7 Å². The topological polar surface area (TPSA) is 12.0 Å². The van der Waals surface area contributed by atoms with E-state index in [9.17, 15) is 13.2 Å². The summed E-state index contributed by atoms with van der Waals surface area (Å²) in [6, 6.07) is 0. The summed E-state index contributed by atoms with van der Waals surface area (Å²) >= 11 is 0. The van der Waals surface area contributed by atoms with Crippen LogP contribution in [-0.4, -0.2) is 18.3 Å². The van der Waals surface area contributed by atoms with Gasteiger partial charge in [0.1, 0.15) is 5.54 Å². The number of hydrogen-bond acceptors (Lipinski definition) is 1. The first kappa shape index (κ1) is 13.8. The Bertz CT molecular complexity index is 223. The number of hydrogen-bond donors (Lipinski definition) is 1. The first-order valence-corrected chi connectivity index (χ1v) is 6.04. The second kappa shape index (κ2) is 4.55. The third kappa shape index (κ3) is 2.90. The van der Waals surface area contributed by atoms with Crippen LogP contribution in [0.1, 0.15) is 52.9 Å². The number of alkyl halides is 3. The standard InChI is InChI=1S/C12H22F3N/c1-4-9-16-11(12(13,14)15)7-5-10(2,3)6-8-11/h16H,4-9H2,1-3H3. The van der Waals surface area contributed by atoms with Gasteiger partial charge in [-0.3, -0.25) is 0 Å². The lowest BCUT2D eigenvalue weighted by Crippen LogP contribution is -2.59. The molecule has 0 saturated heterocycles. The maximum absolute atomic E-state index is 13.1. The molecule has 1 rings (SSSR count). The van der Waals surface area contributed by atoms with Crippen molar-refractivity contribution in [2.75, 3.05) is 6.54 Å². The van der Waals surface area contributed by atoms with E-state index in [4.69, 9.17) is 0 Å². The Balaban J connectivity index is 2.75. The van der Waals surface area contributed by atoms with Gasteiger partial charge in [0.25, 0.3) is 0 Å². The van der Waals surface area contributed by atoms with Gasteiger partial charge in [-0.1, -0.05) is 20.8 Å². The summed E-state index contributed by atoms with van der Waals surface area (Å²) in [6.07, 6.45) is -1.68. The predicted molar refractivity (Wildman–Crippen MR) is 59.3 cm³/mol. The largest absolute Gasteiger partial charge is 0.406 e. The zero-order chi connectivity index (χ0) is 12.4. The van der Waals surface area contributed by atoms with Crippen molar-refractivity contribution >= 4 is 0 Å². The molecule has 0 atom stereocenters. The van der Waals surface area contributed by atoms with Crippen molar-refractivity contribution in [1.82, 2.24) is 5.32 Å². The molecule has 4 heteroatoms. The molecule has 0 aliphatic heterocycles. The minimum atomic E-state index is -4.13. The molecule has 0 spiro atoms. The molecule has 1 saturated carbocycles. The molecule has 1 N–H and O–H groups in total. The molecule has 1 fully saturated rings. The molecular weight excluding hydrogens is 215 g/mol. The van der Waals surface area contributed by atoms with Crippen LogP contribution >= 0.6 is 0 Å². The van der Waals surface area contributed by atoms with Gasteiger partial charge in [0.2, 0.25) is 0 Å². The lowest BCUT2D eigenvalue weighted by atomic mass is 9.69. The van der Waals surface area contributed by atoms with E-state index in [1.54, 1.807) is 0 Å². The lowest BCUT2D eigenvalue weighted by Gasteiger charge is -2.45. The number of nitrogens with one attached hydrogen (secondary N) is 1. The van der Waals surface area contributed by atoms with Gasteiger partial charge in [0.15, 0.2) is 0 Å². The van der Waals surface area contributed by atoms with Gasteiger partial charge in [-0.05, 0) is 44.1 Å². The second-order valence-corrected chi connectivity index (χ2v) is 5.67. The fourth-order valence-electron chi connectivity index (χ4n) is 2.28. The highest BCUT2D eigenvalue weighted by Gasteiger charge is 2.56. The highest BCUT2D eigenvalue weighted by molar-refractivity contribution is 5.00. The number of halogens is 3. The van der Waals surface area contributed by atoms with Crippen LogP contribution in [0.25, 0.3) is 0 Å². The molecule has 0 aromatic heterocycles. The second-order valence-electron chi connectivity index (χ2n) is 5.67. The quantitative estimate of drug-likeness (QED) is 0.785. The van der Waals surface area contributed by atoms with Crippen molar-refractivity contribution in [3.8, 4) is 0 Å². The predicted octanol–water partition coefficient (Wildman–Crippen LogP) is 3.89. The highest BCUT2D eigenvalue weighted by Crippen LogP contribution is 2.47. The van der Waals surface area contributed by atoms with Gasteiger partial charge in [-0.2, -0.15) is 13.2 Å². The van der Waals surface area contributed by atoms with Crippen LogP contribution < -0.4 is 5.32 Å². The van der Waals surface area contributed by atoms with Gasteiger partial charge in [-0.15, -0.1) is 0 Å². The summed E-state index contributed by atoms with van der Waals surface area (Å²) in [4.78, 5) is 0. The van der Waals surface area contributed by atoms with Crippen molar-refractivity contribution in [2.24, 2.45) is 5.41 Å². The van der Waals surface area contributed by atoms with E-state index >= 15 is 0 Å². The minimum absolute atomic E-state index is 0.0582. The van der Waals surface area contributed by atoms with Crippen molar-refractivity contribution < 1.29 is 13.2 Å². The SMILES string of the molecule is CCCNC1(C(F)(F)F)CCC(C)(C)CC1. The molecule has 0 amide bonds. The Kier molecular flexibility index (Phi) is 3.93. The van der Waals surface area contributed by atoms with Gasteiger partial charge in [-0.25, -0.2) is 0 Å². The van der Waals surface area contributed by atoms with Crippen LogP contribution in [0.5, 0.6) is 0 Å².